The predicted molar refractivity (Wildman–Crippen MR) is 133 cm³/mol. The van der Waals surface area contributed by atoms with Crippen molar-refractivity contribution >= 4 is 0 Å². The Labute approximate surface area is 195 Å². The van der Waals surface area contributed by atoms with Crippen LogP contribution in [0.2, 0.25) is 0 Å². The first-order chi connectivity index (χ1) is 16.3. The van der Waals surface area contributed by atoms with Crippen LogP contribution < -0.4 is 4.74 Å². The summed E-state index contributed by atoms with van der Waals surface area (Å²) in [5, 5.41) is 9.86. The summed E-state index contributed by atoms with van der Waals surface area (Å²) in [5.41, 5.74) is 5.75. The van der Waals surface area contributed by atoms with Gasteiger partial charge in [0.15, 0.2) is 0 Å². The van der Waals surface area contributed by atoms with Gasteiger partial charge in [0.05, 0.1) is 17.0 Å². The molecule has 0 atom stereocenters. The third-order valence-corrected chi connectivity index (χ3v) is 6.12. The fourth-order valence-electron chi connectivity index (χ4n) is 4.40. The Bertz CT molecular complexity index is 1190. The second-order valence-corrected chi connectivity index (χ2v) is 8.41. The summed E-state index contributed by atoms with van der Waals surface area (Å²) in [4.78, 5) is 7.56. The van der Waals surface area contributed by atoms with E-state index in [2.05, 4.69) is 29.2 Å². The Morgan fingerprint density at radius 2 is 1.39 bits per heavy atom. The van der Waals surface area contributed by atoms with Gasteiger partial charge in [-0.15, -0.1) is 0 Å². The highest BCUT2D eigenvalue weighted by molar-refractivity contribution is 5.87. The summed E-state index contributed by atoms with van der Waals surface area (Å²) in [6, 6.07) is 29.8. The van der Waals surface area contributed by atoms with Gasteiger partial charge in [-0.2, -0.15) is 0 Å². The number of ether oxygens (including phenoxy) is 1. The minimum absolute atomic E-state index is 0.241. The molecule has 0 amide bonds. The second kappa shape index (κ2) is 9.88. The van der Waals surface area contributed by atoms with Crippen molar-refractivity contribution in [2.45, 2.75) is 12.8 Å². The van der Waals surface area contributed by atoms with Gasteiger partial charge in [-0.1, -0.05) is 72.8 Å². The molecule has 0 unspecified atom stereocenters. The molecular weight excluding hydrogens is 408 g/mol. The third-order valence-electron chi connectivity index (χ3n) is 6.12. The van der Waals surface area contributed by atoms with Crippen molar-refractivity contribution in [1.29, 1.82) is 0 Å². The summed E-state index contributed by atoms with van der Waals surface area (Å²) in [6.07, 6.45) is 2.54. The molecule has 4 heteroatoms. The van der Waals surface area contributed by atoms with Crippen molar-refractivity contribution in [1.82, 2.24) is 9.88 Å². The molecule has 5 rings (SSSR count). The van der Waals surface area contributed by atoms with Crippen LogP contribution in [-0.2, 0) is 0 Å². The number of hydrogen-bond acceptors (Lipinski definition) is 4. The van der Waals surface area contributed by atoms with E-state index in [4.69, 9.17) is 9.72 Å². The van der Waals surface area contributed by atoms with Gasteiger partial charge < -0.3 is 9.84 Å². The highest BCUT2D eigenvalue weighted by Gasteiger charge is 2.19. The first-order valence-corrected chi connectivity index (χ1v) is 11.6. The smallest absolute Gasteiger partial charge is 0.131 e. The lowest BCUT2D eigenvalue weighted by molar-refractivity contribution is 0.238. The Morgan fingerprint density at radius 3 is 2.06 bits per heavy atom. The zero-order valence-electron chi connectivity index (χ0n) is 18.7. The van der Waals surface area contributed by atoms with Crippen molar-refractivity contribution in [2.24, 2.45) is 0 Å². The van der Waals surface area contributed by atoms with Crippen LogP contribution in [0.5, 0.6) is 11.5 Å². The fraction of sp³-hybridized carbons (Fsp3) is 0.207. The van der Waals surface area contributed by atoms with Crippen molar-refractivity contribution in [3.8, 4) is 45.1 Å². The molecule has 166 valence electrons. The minimum Gasteiger partial charge on any atom is -0.508 e. The van der Waals surface area contributed by atoms with Gasteiger partial charge in [0.2, 0.25) is 0 Å². The maximum atomic E-state index is 9.86. The molecule has 0 bridgehead atoms. The monoisotopic (exact) mass is 436 g/mol. The molecule has 1 fully saturated rings. The summed E-state index contributed by atoms with van der Waals surface area (Å²) < 4.78 is 6.46. The molecular formula is C29H28N2O2. The number of aromatic hydroxyl groups is 1. The van der Waals surface area contributed by atoms with Crippen LogP contribution >= 0.6 is 0 Å². The highest BCUT2D eigenvalue weighted by atomic mass is 16.5. The van der Waals surface area contributed by atoms with Gasteiger partial charge in [-0.3, -0.25) is 4.90 Å². The van der Waals surface area contributed by atoms with Gasteiger partial charge in [0, 0.05) is 23.7 Å². The van der Waals surface area contributed by atoms with Crippen LogP contribution in [0.25, 0.3) is 33.6 Å². The van der Waals surface area contributed by atoms with E-state index in [1.807, 2.05) is 54.6 Å². The first-order valence-electron chi connectivity index (χ1n) is 11.6. The maximum Gasteiger partial charge on any atom is 0.131 e. The molecule has 0 aliphatic carbocycles. The van der Waals surface area contributed by atoms with Crippen LogP contribution in [0.4, 0.5) is 0 Å². The van der Waals surface area contributed by atoms with Gasteiger partial charge in [-0.05, 0) is 43.6 Å². The molecule has 4 nitrogen and oxygen atoms in total. The zero-order chi connectivity index (χ0) is 22.5. The van der Waals surface area contributed by atoms with Crippen molar-refractivity contribution in [3.63, 3.8) is 0 Å². The van der Waals surface area contributed by atoms with Crippen molar-refractivity contribution in [3.05, 3.63) is 91.0 Å². The van der Waals surface area contributed by atoms with E-state index in [1.54, 1.807) is 12.1 Å². The Balaban J connectivity index is 1.63. The van der Waals surface area contributed by atoms with E-state index in [9.17, 15) is 5.11 Å². The number of phenols is 1. The third kappa shape index (κ3) is 4.91. The number of likely N-dealkylation sites (tertiary alicyclic amines) is 1. The van der Waals surface area contributed by atoms with Crippen molar-refractivity contribution in [2.75, 3.05) is 26.2 Å². The maximum absolute atomic E-state index is 9.86. The van der Waals surface area contributed by atoms with Gasteiger partial charge >= 0.3 is 0 Å². The molecule has 1 aliphatic rings. The normalized spacial score (nSPS) is 13.8. The number of hydrogen-bond donors (Lipinski definition) is 1. The fourth-order valence-corrected chi connectivity index (χ4v) is 4.40. The summed E-state index contributed by atoms with van der Waals surface area (Å²) in [5.74, 6) is 1.05. The van der Waals surface area contributed by atoms with Crippen LogP contribution in [-0.4, -0.2) is 41.2 Å². The van der Waals surface area contributed by atoms with E-state index in [1.165, 1.54) is 12.8 Å². The van der Waals surface area contributed by atoms with Crippen LogP contribution in [0.15, 0.2) is 91.0 Å². The molecule has 1 N–H and O–H groups in total. The number of pyridine rings is 1. The standard InChI is InChI=1S/C29H28N2O2/c32-25-15-13-23(14-16-25)28-27(33-20-19-31-17-7-8-18-31)21-26(22-9-3-1-4-10-22)30-29(28)24-11-5-2-6-12-24/h1-6,9-16,21,32H,7-8,17-20H2. The number of phenolic OH excluding ortho intramolecular Hbond substituents is 1. The number of benzene rings is 3. The molecule has 3 aromatic carbocycles. The largest absolute Gasteiger partial charge is 0.508 e. The summed E-state index contributed by atoms with van der Waals surface area (Å²) in [7, 11) is 0. The summed E-state index contributed by atoms with van der Waals surface area (Å²) >= 11 is 0. The lowest BCUT2D eigenvalue weighted by Gasteiger charge is -2.20. The lowest BCUT2D eigenvalue weighted by Crippen LogP contribution is -2.25. The van der Waals surface area contributed by atoms with Gasteiger partial charge in [-0.25, -0.2) is 4.98 Å². The predicted octanol–water partition coefficient (Wildman–Crippen LogP) is 6.26. The minimum atomic E-state index is 0.241. The van der Waals surface area contributed by atoms with E-state index < -0.39 is 0 Å². The Morgan fingerprint density at radius 1 is 0.758 bits per heavy atom. The second-order valence-electron chi connectivity index (χ2n) is 8.41. The summed E-state index contributed by atoms with van der Waals surface area (Å²) in [6.45, 7) is 3.83. The highest BCUT2D eigenvalue weighted by Crippen LogP contribution is 2.41. The average Bonchev–Trinajstić information content (AvgIpc) is 3.39. The molecule has 1 aliphatic heterocycles. The average molecular weight is 437 g/mol. The van der Waals surface area contributed by atoms with E-state index in [0.29, 0.717) is 6.61 Å². The van der Waals surface area contributed by atoms with Crippen molar-refractivity contribution < 1.29 is 9.84 Å². The topological polar surface area (TPSA) is 45.6 Å². The molecule has 2 heterocycles. The molecule has 0 saturated carbocycles. The van der Waals surface area contributed by atoms with Gasteiger partial charge in [0.1, 0.15) is 18.1 Å². The number of aromatic nitrogens is 1. The lowest BCUT2D eigenvalue weighted by atomic mass is 9.96. The Hall–Kier alpha value is -3.63. The quantitative estimate of drug-likeness (QED) is 0.371. The van der Waals surface area contributed by atoms with Crippen LogP contribution in [0, 0.1) is 0 Å². The molecule has 0 radical (unpaired) electrons. The first kappa shape index (κ1) is 21.2. The van der Waals surface area contributed by atoms with E-state index in [-0.39, 0.29) is 5.75 Å². The molecule has 0 spiro atoms. The van der Waals surface area contributed by atoms with E-state index in [0.717, 1.165) is 59.0 Å². The van der Waals surface area contributed by atoms with E-state index >= 15 is 0 Å². The van der Waals surface area contributed by atoms with Gasteiger partial charge in [0.25, 0.3) is 0 Å². The molecule has 1 aromatic heterocycles. The molecule has 33 heavy (non-hydrogen) atoms. The SMILES string of the molecule is Oc1ccc(-c2c(OCCN3CCCC3)cc(-c3ccccc3)nc2-c2ccccc2)cc1. The van der Waals surface area contributed by atoms with Crippen LogP contribution in [0.3, 0.4) is 0 Å². The zero-order valence-corrected chi connectivity index (χ0v) is 18.7. The number of nitrogens with zero attached hydrogens (tertiary/aromatic N) is 2. The van der Waals surface area contributed by atoms with Crippen LogP contribution in [0.1, 0.15) is 12.8 Å². The molecule has 1 saturated heterocycles. The number of rotatable bonds is 7. The molecule has 4 aromatic rings. The Kier molecular flexibility index (Phi) is 6.36.